The van der Waals surface area contributed by atoms with E-state index >= 15 is 0 Å². The number of nitrogens with one attached hydrogen (secondary N) is 1. The van der Waals surface area contributed by atoms with Gasteiger partial charge in [0, 0.05) is 6.54 Å². The summed E-state index contributed by atoms with van der Waals surface area (Å²) in [5.74, 6) is 0.875. The van der Waals surface area contributed by atoms with E-state index in [1.54, 1.807) is 6.20 Å². The molecule has 0 spiro atoms. The highest BCUT2D eigenvalue weighted by Gasteiger charge is 1.98. The maximum atomic E-state index is 5.37. The number of nitrogens with zero attached hydrogens (tertiary/aromatic N) is 2. The molecule has 0 amide bonds. The molecule has 0 fully saturated rings. The van der Waals surface area contributed by atoms with Crippen molar-refractivity contribution >= 4 is 0 Å². The smallest absolute Gasteiger partial charge is 0.157 e. The van der Waals surface area contributed by atoms with Gasteiger partial charge >= 0.3 is 0 Å². The van der Waals surface area contributed by atoms with Crippen LogP contribution in [0.15, 0.2) is 12.4 Å². The first-order chi connectivity index (χ1) is 8.36. The Balaban J connectivity index is 2.01. The molecule has 1 rings (SSSR count). The number of rotatable bonds is 10. The molecule has 0 bridgehead atoms. The highest BCUT2D eigenvalue weighted by Crippen LogP contribution is 2.09. The Morgan fingerprint density at radius 3 is 2.82 bits per heavy atom. The molecular weight excluding hydrogens is 214 g/mol. The van der Waals surface area contributed by atoms with Crippen LogP contribution in [-0.4, -0.2) is 29.5 Å². The zero-order valence-electron chi connectivity index (χ0n) is 11.1. The third-order valence-electron chi connectivity index (χ3n) is 2.66. The number of hydrogen-bond donors (Lipinski definition) is 1. The van der Waals surface area contributed by atoms with Crippen LogP contribution in [0.1, 0.15) is 39.5 Å². The van der Waals surface area contributed by atoms with Crippen molar-refractivity contribution in [1.29, 1.82) is 0 Å². The Bertz CT molecular complexity index is 286. The lowest BCUT2D eigenvalue weighted by atomic mass is 10.2. The van der Waals surface area contributed by atoms with Gasteiger partial charge in [-0.05, 0) is 32.9 Å². The van der Waals surface area contributed by atoms with E-state index < -0.39 is 0 Å². The lowest BCUT2D eigenvalue weighted by Crippen LogP contribution is -2.13. The summed E-state index contributed by atoms with van der Waals surface area (Å²) in [6.45, 7) is 8.06. The molecule has 0 atom stereocenters. The van der Waals surface area contributed by atoms with Crippen LogP contribution in [0.2, 0.25) is 0 Å². The monoisotopic (exact) mass is 239 g/mol. The highest BCUT2D eigenvalue weighted by atomic mass is 16.5. The predicted octanol–water partition coefficient (Wildman–Crippen LogP) is 2.45. The number of aromatic nitrogens is 2. The van der Waals surface area contributed by atoms with Gasteiger partial charge in [-0.15, -0.1) is 0 Å². The first-order valence-electron chi connectivity index (χ1n) is 6.72. The van der Waals surface area contributed by atoms with E-state index in [1.807, 2.05) is 17.8 Å². The van der Waals surface area contributed by atoms with Crippen molar-refractivity contribution in [2.24, 2.45) is 0 Å². The van der Waals surface area contributed by atoms with Gasteiger partial charge < -0.3 is 10.1 Å². The Kier molecular flexibility index (Phi) is 7.47. The van der Waals surface area contributed by atoms with Gasteiger partial charge in [0.15, 0.2) is 5.75 Å². The molecule has 17 heavy (non-hydrogen) atoms. The molecule has 1 aromatic rings. The first-order valence-corrected chi connectivity index (χ1v) is 6.72. The lowest BCUT2D eigenvalue weighted by molar-refractivity contribution is 0.339. The minimum Gasteiger partial charge on any atom is -0.491 e. The van der Waals surface area contributed by atoms with Gasteiger partial charge in [-0.25, -0.2) is 0 Å². The lowest BCUT2D eigenvalue weighted by Gasteiger charge is -2.03. The summed E-state index contributed by atoms with van der Waals surface area (Å²) in [5, 5.41) is 7.60. The molecule has 0 saturated carbocycles. The van der Waals surface area contributed by atoms with Gasteiger partial charge in [0.25, 0.3) is 0 Å². The highest BCUT2D eigenvalue weighted by molar-refractivity contribution is 5.11. The topological polar surface area (TPSA) is 39.1 Å². The average Bonchev–Trinajstić information content (AvgIpc) is 2.76. The van der Waals surface area contributed by atoms with Gasteiger partial charge in [-0.3, -0.25) is 4.68 Å². The molecule has 0 aromatic carbocycles. The van der Waals surface area contributed by atoms with E-state index in [9.17, 15) is 0 Å². The molecule has 4 nitrogen and oxygen atoms in total. The van der Waals surface area contributed by atoms with Crippen LogP contribution in [0.3, 0.4) is 0 Å². The standard InChI is InChI=1S/C13H25N3O/c1-3-14-9-7-5-6-8-10-16-12-13(11-15-16)17-4-2/h11-12,14H,3-10H2,1-2H3. The summed E-state index contributed by atoms with van der Waals surface area (Å²) in [6.07, 6.45) is 8.80. The van der Waals surface area contributed by atoms with Crippen LogP contribution in [0.5, 0.6) is 5.75 Å². The second-order valence-electron chi connectivity index (χ2n) is 4.14. The van der Waals surface area contributed by atoms with Crippen LogP contribution in [0, 0.1) is 0 Å². The summed E-state index contributed by atoms with van der Waals surface area (Å²) in [6, 6.07) is 0. The van der Waals surface area contributed by atoms with Gasteiger partial charge in [0.1, 0.15) is 0 Å². The van der Waals surface area contributed by atoms with Crippen molar-refractivity contribution in [2.45, 2.75) is 46.1 Å². The second kappa shape index (κ2) is 9.05. The molecule has 1 aromatic heterocycles. The van der Waals surface area contributed by atoms with Crippen LogP contribution < -0.4 is 10.1 Å². The van der Waals surface area contributed by atoms with Crippen LogP contribution in [0.25, 0.3) is 0 Å². The SMILES string of the molecule is CCNCCCCCCn1cc(OCC)cn1. The zero-order chi connectivity index (χ0) is 12.3. The summed E-state index contributed by atoms with van der Waals surface area (Å²) in [5.41, 5.74) is 0. The third kappa shape index (κ3) is 6.31. The predicted molar refractivity (Wildman–Crippen MR) is 70.4 cm³/mol. The zero-order valence-corrected chi connectivity index (χ0v) is 11.1. The number of hydrogen-bond acceptors (Lipinski definition) is 3. The maximum Gasteiger partial charge on any atom is 0.157 e. The normalized spacial score (nSPS) is 10.7. The molecule has 1 N–H and O–H groups in total. The largest absolute Gasteiger partial charge is 0.491 e. The summed E-state index contributed by atoms with van der Waals surface area (Å²) >= 11 is 0. The van der Waals surface area contributed by atoms with E-state index in [-0.39, 0.29) is 0 Å². The quantitative estimate of drug-likeness (QED) is 0.637. The van der Waals surface area contributed by atoms with E-state index in [0.717, 1.165) is 25.4 Å². The fourth-order valence-electron chi connectivity index (χ4n) is 1.76. The minimum absolute atomic E-state index is 0.704. The van der Waals surface area contributed by atoms with Gasteiger partial charge in [-0.1, -0.05) is 19.8 Å². The molecule has 4 heteroatoms. The van der Waals surface area contributed by atoms with Crippen molar-refractivity contribution in [3.63, 3.8) is 0 Å². The van der Waals surface area contributed by atoms with Gasteiger partial charge in [-0.2, -0.15) is 5.10 Å². The second-order valence-corrected chi connectivity index (χ2v) is 4.14. The fraction of sp³-hybridized carbons (Fsp3) is 0.769. The first kappa shape index (κ1) is 14.0. The number of unbranched alkanes of at least 4 members (excludes halogenated alkanes) is 3. The van der Waals surface area contributed by atoms with Crippen molar-refractivity contribution < 1.29 is 4.74 Å². The fourth-order valence-corrected chi connectivity index (χ4v) is 1.76. The summed E-state index contributed by atoms with van der Waals surface area (Å²) in [7, 11) is 0. The van der Waals surface area contributed by atoms with Gasteiger partial charge in [0.2, 0.25) is 0 Å². The maximum absolute atomic E-state index is 5.37. The molecule has 0 aliphatic carbocycles. The summed E-state index contributed by atoms with van der Waals surface area (Å²) in [4.78, 5) is 0. The van der Waals surface area contributed by atoms with Crippen LogP contribution in [-0.2, 0) is 6.54 Å². The van der Waals surface area contributed by atoms with E-state index in [1.165, 1.54) is 25.7 Å². The molecule has 1 heterocycles. The number of aryl methyl sites for hydroxylation is 1. The summed E-state index contributed by atoms with van der Waals surface area (Å²) < 4.78 is 7.33. The Hall–Kier alpha value is -1.03. The molecule has 98 valence electrons. The van der Waals surface area contributed by atoms with E-state index in [0.29, 0.717) is 6.61 Å². The van der Waals surface area contributed by atoms with Crippen molar-refractivity contribution in [3.05, 3.63) is 12.4 Å². The minimum atomic E-state index is 0.704. The average molecular weight is 239 g/mol. The van der Waals surface area contributed by atoms with Crippen LogP contribution >= 0.6 is 0 Å². The third-order valence-corrected chi connectivity index (χ3v) is 2.66. The Morgan fingerprint density at radius 1 is 1.24 bits per heavy atom. The van der Waals surface area contributed by atoms with E-state index in [4.69, 9.17) is 4.74 Å². The van der Waals surface area contributed by atoms with E-state index in [2.05, 4.69) is 17.3 Å². The molecule has 0 unspecified atom stereocenters. The van der Waals surface area contributed by atoms with Crippen molar-refractivity contribution in [2.75, 3.05) is 19.7 Å². The molecule has 0 aliphatic rings. The molecule has 0 aliphatic heterocycles. The molecule has 0 saturated heterocycles. The van der Waals surface area contributed by atoms with Gasteiger partial charge in [0.05, 0.1) is 19.0 Å². The van der Waals surface area contributed by atoms with Crippen molar-refractivity contribution in [1.82, 2.24) is 15.1 Å². The Morgan fingerprint density at radius 2 is 2.06 bits per heavy atom. The Labute approximate surface area is 104 Å². The van der Waals surface area contributed by atoms with Crippen molar-refractivity contribution in [3.8, 4) is 5.75 Å². The molecule has 0 radical (unpaired) electrons. The number of ether oxygens (including phenoxy) is 1. The van der Waals surface area contributed by atoms with Crippen LogP contribution in [0.4, 0.5) is 0 Å². The molecular formula is C13H25N3O.